The van der Waals surface area contributed by atoms with Gasteiger partial charge in [0.2, 0.25) is 0 Å². The van der Waals surface area contributed by atoms with Gasteiger partial charge in [-0.05, 0) is 80.6 Å². The minimum atomic E-state index is 0.814. The zero-order chi connectivity index (χ0) is 11.7. The van der Waals surface area contributed by atoms with Crippen molar-refractivity contribution in [2.24, 2.45) is 0 Å². The van der Waals surface area contributed by atoms with Crippen LogP contribution in [0.5, 0.6) is 0 Å². The predicted octanol–water partition coefficient (Wildman–Crippen LogP) is 3.73. The first-order valence-corrected chi connectivity index (χ1v) is 6.84. The third-order valence-corrected chi connectivity index (χ3v) is 4.20. The van der Waals surface area contributed by atoms with Gasteiger partial charge in [0, 0.05) is 18.5 Å². The molecule has 16 heavy (non-hydrogen) atoms. The maximum atomic E-state index is 5.79. The number of anilines is 2. The van der Waals surface area contributed by atoms with Gasteiger partial charge in [0.1, 0.15) is 0 Å². The highest BCUT2D eigenvalue weighted by Gasteiger charge is 2.03. The molecule has 0 aliphatic carbocycles. The van der Waals surface area contributed by atoms with E-state index in [9.17, 15) is 0 Å². The van der Waals surface area contributed by atoms with Crippen LogP contribution in [0.2, 0.25) is 0 Å². The monoisotopic (exact) mass is 436 g/mol. The second kappa shape index (κ2) is 4.79. The number of hydrogen-bond donors (Lipinski definition) is 2. The molecule has 0 saturated heterocycles. The lowest BCUT2D eigenvalue weighted by Crippen LogP contribution is -1.91. The van der Waals surface area contributed by atoms with Gasteiger partial charge in [-0.3, -0.25) is 0 Å². The van der Waals surface area contributed by atoms with Gasteiger partial charge < -0.3 is 11.5 Å². The van der Waals surface area contributed by atoms with Crippen molar-refractivity contribution in [1.82, 2.24) is 0 Å². The molecule has 4 heteroatoms. The van der Waals surface area contributed by atoms with E-state index < -0.39 is 0 Å². The van der Waals surface area contributed by atoms with Crippen molar-refractivity contribution in [3.8, 4) is 11.1 Å². The molecule has 82 valence electrons. The van der Waals surface area contributed by atoms with Crippen LogP contribution in [-0.4, -0.2) is 0 Å². The highest BCUT2D eigenvalue weighted by atomic mass is 127. The topological polar surface area (TPSA) is 52.0 Å². The van der Waals surface area contributed by atoms with E-state index in [0.29, 0.717) is 0 Å². The first kappa shape index (κ1) is 12.0. The maximum absolute atomic E-state index is 5.79. The molecule has 2 aromatic carbocycles. The van der Waals surface area contributed by atoms with Gasteiger partial charge in [-0.15, -0.1) is 0 Å². The van der Waals surface area contributed by atoms with Crippen molar-refractivity contribution < 1.29 is 0 Å². The van der Waals surface area contributed by atoms with Crippen LogP contribution in [0.4, 0.5) is 11.4 Å². The zero-order valence-corrected chi connectivity index (χ0v) is 12.7. The zero-order valence-electron chi connectivity index (χ0n) is 8.37. The van der Waals surface area contributed by atoms with Crippen LogP contribution in [0, 0.1) is 7.14 Å². The number of nitrogen functional groups attached to an aromatic ring is 2. The second-order valence-electron chi connectivity index (χ2n) is 3.47. The fourth-order valence-electron chi connectivity index (χ4n) is 1.41. The van der Waals surface area contributed by atoms with Gasteiger partial charge in [0.05, 0.1) is 0 Å². The quantitative estimate of drug-likeness (QED) is 0.529. The van der Waals surface area contributed by atoms with Gasteiger partial charge in [0.25, 0.3) is 0 Å². The van der Waals surface area contributed by atoms with Crippen LogP contribution in [0.15, 0.2) is 36.4 Å². The molecule has 0 unspecified atom stereocenters. The summed E-state index contributed by atoms with van der Waals surface area (Å²) in [6.45, 7) is 0. The van der Waals surface area contributed by atoms with Crippen LogP contribution in [0.1, 0.15) is 0 Å². The molecule has 4 N–H and O–H groups in total. The van der Waals surface area contributed by atoms with Gasteiger partial charge in [-0.25, -0.2) is 0 Å². The highest BCUT2D eigenvalue weighted by Crippen LogP contribution is 2.27. The molecule has 0 spiro atoms. The summed E-state index contributed by atoms with van der Waals surface area (Å²) in [7, 11) is 0. The van der Waals surface area contributed by atoms with Crippen LogP contribution in [-0.2, 0) is 0 Å². The number of benzene rings is 2. The molecular weight excluding hydrogens is 426 g/mol. The minimum Gasteiger partial charge on any atom is -0.398 e. The van der Waals surface area contributed by atoms with Gasteiger partial charge >= 0.3 is 0 Å². The fourth-order valence-corrected chi connectivity index (χ4v) is 2.44. The summed E-state index contributed by atoms with van der Waals surface area (Å²) < 4.78 is 2.14. The Kier molecular flexibility index (Phi) is 3.58. The summed E-state index contributed by atoms with van der Waals surface area (Å²) >= 11 is 4.48. The minimum absolute atomic E-state index is 0.814. The van der Waals surface area contributed by atoms with E-state index in [1.54, 1.807) is 0 Å². The van der Waals surface area contributed by atoms with Crippen LogP contribution >= 0.6 is 45.2 Å². The smallest absolute Gasteiger partial charge is 0.0450 e. The third kappa shape index (κ3) is 2.42. The Morgan fingerprint density at radius 1 is 0.688 bits per heavy atom. The van der Waals surface area contributed by atoms with Crippen molar-refractivity contribution in [3.63, 3.8) is 0 Å². The van der Waals surface area contributed by atoms with Gasteiger partial charge in [-0.2, -0.15) is 0 Å². The first-order valence-electron chi connectivity index (χ1n) is 4.68. The molecule has 0 fully saturated rings. The van der Waals surface area contributed by atoms with Crippen molar-refractivity contribution >= 4 is 56.6 Å². The summed E-state index contributed by atoms with van der Waals surface area (Å²) in [6, 6.07) is 12.1. The SMILES string of the molecule is Nc1ccc(-c2ccc(N)c(I)c2)cc1I. The van der Waals surface area contributed by atoms with E-state index in [-0.39, 0.29) is 0 Å². The number of rotatable bonds is 1. The fraction of sp³-hybridized carbons (Fsp3) is 0. The highest BCUT2D eigenvalue weighted by molar-refractivity contribution is 14.1. The van der Waals surface area contributed by atoms with Crippen molar-refractivity contribution in [1.29, 1.82) is 0 Å². The summed E-state index contributed by atoms with van der Waals surface area (Å²) in [5.74, 6) is 0. The Balaban J connectivity index is 2.50. The summed E-state index contributed by atoms with van der Waals surface area (Å²) in [6.07, 6.45) is 0. The Morgan fingerprint density at radius 2 is 1.06 bits per heavy atom. The van der Waals surface area contributed by atoms with E-state index in [4.69, 9.17) is 11.5 Å². The Hall–Kier alpha value is -0.500. The van der Waals surface area contributed by atoms with E-state index in [0.717, 1.165) is 29.6 Å². The van der Waals surface area contributed by atoms with Crippen LogP contribution < -0.4 is 11.5 Å². The van der Waals surface area contributed by atoms with E-state index in [2.05, 4.69) is 57.3 Å². The molecule has 0 aliphatic rings. The molecule has 2 nitrogen and oxygen atoms in total. The largest absolute Gasteiger partial charge is 0.398 e. The molecule has 2 aromatic rings. The van der Waals surface area contributed by atoms with Gasteiger partial charge in [-0.1, -0.05) is 12.1 Å². The molecule has 2 rings (SSSR count). The third-order valence-electron chi connectivity index (χ3n) is 2.33. The maximum Gasteiger partial charge on any atom is 0.0450 e. The molecule has 0 saturated carbocycles. The molecular formula is C12H10I2N2. The average molecular weight is 436 g/mol. The Bertz CT molecular complexity index is 489. The second-order valence-corrected chi connectivity index (χ2v) is 5.80. The molecule has 0 bridgehead atoms. The summed E-state index contributed by atoms with van der Waals surface area (Å²) in [5.41, 5.74) is 15.5. The van der Waals surface area contributed by atoms with E-state index in [1.165, 1.54) is 0 Å². The van der Waals surface area contributed by atoms with Crippen molar-refractivity contribution in [2.45, 2.75) is 0 Å². The number of nitrogens with two attached hydrogens (primary N) is 2. The van der Waals surface area contributed by atoms with Crippen LogP contribution in [0.25, 0.3) is 11.1 Å². The normalized spacial score (nSPS) is 10.4. The average Bonchev–Trinajstić information content (AvgIpc) is 2.26. The molecule has 0 aliphatic heterocycles. The van der Waals surface area contributed by atoms with Gasteiger partial charge in [0.15, 0.2) is 0 Å². The van der Waals surface area contributed by atoms with E-state index in [1.807, 2.05) is 24.3 Å². The molecule has 0 atom stereocenters. The number of hydrogen-bond acceptors (Lipinski definition) is 2. The van der Waals surface area contributed by atoms with Crippen LogP contribution in [0.3, 0.4) is 0 Å². The number of halogens is 2. The standard InChI is InChI=1S/C12H10I2N2/c13-9-5-7(1-3-11(9)15)8-2-4-12(16)10(14)6-8/h1-6H,15-16H2. The Labute approximate surface area is 122 Å². The molecule has 0 amide bonds. The molecule has 0 radical (unpaired) electrons. The van der Waals surface area contributed by atoms with Crippen molar-refractivity contribution in [3.05, 3.63) is 43.5 Å². The van der Waals surface area contributed by atoms with E-state index >= 15 is 0 Å². The van der Waals surface area contributed by atoms with Crippen molar-refractivity contribution in [2.75, 3.05) is 11.5 Å². The molecule has 0 aromatic heterocycles. The summed E-state index contributed by atoms with van der Waals surface area (Å²) in [5, 5.41) is 0. The lowest BCUT2D eigenvalue weighted by atomic mass is 10.1. The molecule has 0 heterocycles. The Morgan fingerprint density at radius 3 is 1.38 bits per heavy atom. The predicted molar refractivity (Wildman–Crippen MR) is 86.1 cm³/mol. The first-order chi connectivity index (χ1) is 7.58. The lowest BCUT2D eigenvalue weighted by molar-refractivity contribution is 1.56. The lowest BCUT2D eigenvalue weighted by Gasteiger charge is -2.06. The summed E-state index contributed by atoms with van der Waals surface area (Å²) in [4.78, 5) is 0.